The molecule has 118 valence electrons. The second-order valence-electron chi connectivity index (χ2n) is 5.75. The van der Waals surface area contributed by atoms with Crippen molar-refractivity contribution >= 4 is 0 Å². The fourth-order valence-electron chi connectivity index (χ4n) is 3.02. The van der Waals surface area contributed by atoms with Crippen LogP contribution in [0.5, 0.6) is 11.5 Å². The predicted molar refractivity (Wildman–Crippen MR) is 92.0 cm³/mol. The van der Waals surface area contributed by atoms with Crippen molar-refractivity contribution in [1.82, 2.24) is 0 Å². The molecule has 0 amide bonds. The minimum atomic E-state index is 0.226. The van der Waals surface area contributed by atoms with E-state index in [1.165, 1.54) is 18.3 Å². The first-order valence-corrected chi connectivity index (χ1v) is 8.31. The first-order valence-electron chi connectivity index (χ1n) is 8.31. The summed E-state index contributed by atoms with van der Waals surface area (Å²) in [5, 5.41) is 18.7. The van der Waals surface area contributed by atoms with E-state index in [9.17, 15) is 5.11 Å². The zero-order valence-electron chi connectivity index (χ0n) is 13.5. The van der Waals surface area contributed by atoms with Gasteiger partial charge in [-0.2, -0.15) is 0 Å². The first kappa shape index (κ1) is 16.4. The fourth-order valence-corrected chi connectivity index (χ4v) is 3.02. The monoisotopic (exact) mass is 298 g/mol. The van der Waals surface area contributed by atoms with E-state index >= 15 is 0 Å². The summed E-state index contributed by atoms with van der Waals surface area (Å²) >= 11 is 0. The van der Waals surface area contributed by atoms with Gasteiger partial charge >= 0.3 is 0 Å². The zero-order chi connectivity index (χ0) is 15.9. The topological polar surface area (TPSA) is 40.5 Å². The Labute approximate surface area is 133 Å². The van der Waals surface area contributed by atoms with E-state index in [0.717, 1.165) is 11.1 Å². The van der Waals surface area contributed by atoms with Crippen molar-refractivity contribution in [2.24, 2.45) is 11.8 Å². The van der Waals surface area contributed by atoms with Crippen LogP contribution in [-0.4, -0.2) is 10.2 Å². The van der Waals surface area contributed by atoms with Gasteiger partial charge in [0.15, 0.2) is 0 Å². The molecule has 2 nitrogen and oxygen atoms in total. The number of rotatable bonds is 1. The maximum Gasteiger partial charge on any atom is 0.123 e. The number of para-hydroxylation sites is 1. The highest BCUT2D eigenvalue weighted by Gasteiger charge is 2.40. The number of phenolic OH excluding ortho intramolecular Hbond substituents is 2. The third-order valence-electron chi connectivity index (χ3n) is 4.30. The van der Waals surface area contributed by atoms with E-state index < -0.39 is 0 Å². The average molecular weight is 298 g/mol. The summed E-state index contributed by atoms with van der Waals surface area (Å²) in [6, 6.07) is 13.9. The van der Waals surface area contributed by atoms with Crippen molar-refractivity contribution < 1.29 is 10.2 Å². The van der Waals surface area contributed by atoms with Gasteiger partial charge in [-0.25, -0.2) is 0 Å². The second-order valence-corrected chi connectivity index (χ2v) is 5.75. The molecule has 2 aliphatic carbocycles. The first-order chi connectivity index (χ1) is 10.7. The van der Waals surface area contributed by atoms with Crippen LogP contribution in [0.2, 0.25) is 0 Å². The van der Waals surface area contributed by atoms with Crippen LogP contribution in [-0.2, 0) is 0 Å². The van der Waals surface area contributed by atoms with Gasteiger partial charge in [0.1, 0.15) is 11.5 Å². The van der Waals surface area contributed by atoms with Crippen LogP contribution in [0.25, 0.3) is 11.1 Å². The number of hydrogen-bond acceptors (Lipinski definition) is 2. The molecule has 2 aromatic carbocycles. The zero-order valence-corrected chi connectivity index (χ0v) is 13.5. The molecule has 0 saturated heterocycles. The van der Waals surface area contributed by atoms with E-state index in [-0.39, 0.29) is 11.5 Å². The van der Waals surface area contributed by atoms with Gasteiger partial charge in [-0.05, 0) is 42.0 Å². The molecule has 2 unspecified atom stereocenters. The van der Waals surface area contributed by atoms with Crippen molar-refractivity contribution in [3.05, 3.63) is 48.5 Å². The highest BCUT2D eigenvalue weighted by atomic mass is 16.3. The van der Waals surface area contributed by atoms with Crippen molar-refractivity contribution in [2.45, 2.75) is 39.5 Å². The Morgan fingerprint density at radius 1 is 0.818 bits per heavy atom. The molecule has 4 rings (SSSR count). The maximum absolute atomic E-state index is 9.57. The molecule has 2 aromatic rings. The molecule has 2 aliphatic rings. The lowest BCUT2D eigenvalue weighted by Crippen LogP contribution is -1.77. The van der Waals surface area contributed by atoms with E-state index in [1.54, 1.807) is 55.7 Å². The number of benzene rings is 2. The lowest BCUT2D eigenvalue weighted by Gasteiger charge is -2.03. The van der Waals surface area contributed by atoms with E-state index in [0.29, 0.717) is 0 Å². The fraction of sp³-hybridized carbons (Fsp3) is 0.400. The smallest absolute Gasteiger partial charge is 0.123 e. The van der Waals surface area contributed by atoms with Gasteiger partial charge in [-0.15, -0.1) is 0 Å². The van der Waals surface area contributed by atoms with Gasteiger partial charge in [0, 0.05) is 5.56 Å². The molecule has 0 bridgehead atoms. The maximum atomic E-state index is 9.57. The van der Waals surface area contributed by atoms with E-state index in [2.05, 4.69) is 0 Å². The number of fused-ring (bicyclic) bond motifs is 1. The third-order valence-corrected chi connectivity index (χ3v) is 4.30. The van der Waals surface area contributed by atoms with Crippen LogP contribution < -0.4 is 0 Å². The van der Waals surface area contributed by atoms with Crippen LogP contribution >= 0.6 is 0 Å². The lowest BCUT2D eigenvalue weighted by atomic mass is 10.0. The molecule has 0 radical (unpaired) electrons. The summed E-state index contributed by atoms with van der Waals surface area (Å²) in [6.45, 7) is 4.00. The average Bonchev–Trinajstić information content (AvgIpc) is 3.17. The van der Waals surface area contributed by atoms with Gasteiger partial charge in [0.05, 0.1) is 0 Å². The van der Waals surface area contributed by atoms with Gasteiger partial charge in [0.25, 0.3) is 0 Å². The molecule has 22 heavy (non-hydrogen) atoms. The van der Waals surface area contributed by atoms with Crippen LogP contribution in [0.15, 0.2) is 48.5 Å². The van der Waals surface area contributed by atoms with E-state index in [4.69, 9.17) is 5.11 Å². The molecule has 2 N–H and O–H groups in total. The number of phenols is 2. The Hall–Kier alpha value is -1.96. The second kappa shape index (κ2) is 7.88. The number of aromatic hydroxyl groups is 2. The summed E-state index contributed by atoms with van der Waals surface area (Å²) in [4.78, 5) is 0. The molecular formula is C20H26O2. The SMILES string of the molecule is C1CC2CC2C1.CC.Oc1ccc(-c2ccccc2O)cc1. The molecule has 0 aliphatic heterocycles. The van der Waals surface area contributed by atoms with Gasteiger partial charge < -0.3 is 10.2 Å². The Bertz CT molecular complexity index is 567. The van der Waals surface area contributed by atoms with Crippen molar-refractivity contribution in [1.29, 1.82) is 0 Å². The standard InChI is InChI=1S/C12H10O2.C6H10.C2H6/c13-10-7-5-9(6-8-10)11-3-1-2-4-12(11)14;1-2-5-4-6(5)3-1;1-2/h1-8,13-14H;5-6H,1-4H2;1-2H3. The van der Waals surface area contributed by atoms with Crippen molar-refractivity contribution in [2.75, 3.05) is 0 Å². The van der Waals surface area contributed by atoms with E-state index in [1.807, 2.05) is 26.0 Å². The molecule has 2 atom stereocenters. The summed E-state index contributed by atoms with van der Waals surface area (Å²) in [7, 11) is 0. The Balaban J connectivity index is 0.000000181. The lowest BCUT2D eigenvalue weighted by molar-refractivity contribution is 0.474. The largest absolute Gasteiger partial charge is 0.508 e. The Morgan fingerprint density at radius 2 is 1.41 bits per heavy atom. The summed E-state index contributed by atoms with van der Waals surface area (Å²) in [5.41, 5.74) is 1.66. The molecule has 2 heteroatoms. The summed E-state index contributed by atoms with van der Waals surface area (Å²) < 4.78 is 0. The van der Waals surface area contributed by atoms with Crippen LogP contribution in [0.4, 0.5) is 0 Å². The molecular weight excluding hydrogens is 272 g/mol. The molecule has 0 aromatic heterocycles. The highest BCUT2D eigenvalue weighted by molar-refractivity contribution is 5.70. The molecule has 2 fully saturated rings. The third kappa shape index (κ3) is 4.27. The van der Waals surface area contributed by atoms with Gasteiger partial charge in [-0.3, -0.25) is 0 Å². The predicted octanol–water partition coefficient (Wildman–Crippen LogP) is 5.60. The van der Waals surface area contributed by atoms with Crippen molar-refractivity contribution in [3.63, 3.8) is 0 Å². The molecule has 0 heterocycles. The minimum Gasteiger partial charge on any atom is -0.508 e. The van der Waals surface area contributed by atoms with Gasteiger partial charge in [0.2, 0.25) is 0 Å². The minimum absolute atomic E-state index is 0.226. The van der Waals surface area contributed by atoms with Crippen LogP contribution in [0.1, 0.15) is 39.5 Å². The molecule has 0 spiro atoms. The van der Waals surface area contributed by atoms with Crippen LogP contribution in [0, 0.1) is 11.8 Å². The summed E-state index contributed by atoms with van der Waals surface area (Å²) in [6.07, 6.45) is 6.24. The number of hydrogen-bond donors (Lipinski definition) is 2. The summed E-state index contributed by atoms with van der Waals surface area (Å²) in [5.74, 6) is 2.90. The quantitative estimate of drug-likeness (QED) is 0.719. The van der Waals surface area contributed by atoms with Crippen molar-refractivity contribution in [3.8, 4) is 22.6 Å². The Morgan fingerprint density at radius 3 is 1.86 bits per heavy atom. The highest BCUT2D eigenvalue weighted by Crippen LogP contribution is 2.51. The van der Waals surface area contributed by atoms with Crippen LogP contribution in [0.3, 0.4) is 0 Å². The van der Waals surface area contributed by atoms with Gasteiger partial charge in [-0.1, -0.05) is 63.4 Å². The normalized spacial score (nSPS) is 20.8. The Kier molecular flexibility index (Phi) is 5.88. The molecule has 2 saturated carbocycles.